The molecule has 3 heterocycles. The molecule has 1 fully saturated rings. The van der Waals surface area contributed by atoms with Crippen LogP contribution >= 0.6 is 11.6 Å². The lowest BCUT2D eigenvalue weighted by atomic mass is 10.4. The van der Waals surface area contributed by atoms with E-state index in [0.29, 0.717) is 30.2 Å². The molecule has 0 spiro atoms. The highest BCUT2D eigenvalue weighted by molar-refractivity contribution is 6.28. The third-order valence-electron chi connectivity index (χ3n) is 2.45. The fourth-order valence-electron chi connectivity index (χ4n) is 1.70. The summed E-state index contributed by atoms with van der Waals surface area (Å²) in [5.41, 5.74) is 1.13. The molecule has 0 aromatic carbocycles. The Bertz CT molecular complexity index is 508. The molecule has 3 rings (SSSR count). The van der Waals surface area contributed by atoms with Crippen molar-refractivity contribution in [3.8, 4) is 0 Å². The Labute approximate surface area is 95.8 Å². The van der Waals surface area contributed by atoms with Gasteiger partial charge in [-0.15, -0.1) is 5.10 Å². The second kappa shape index (κ2) is 3.84. The molecule has 0 aliphatic carbocycles. The number of aromatic amines is 1. The van der Waals surface area contributed by atoms with Crippen molar-refractivity contribution >= 4 is 28.6 Å². The summed E-state index contributed by atoms with van der Waals surface area (Å²) in [4.78, 5) is 10.3. The molecule has 7 nitrogen and oxygen atoms in total. The quantitative estimate of drug-likeness (QED) is 0.720. The maximum absolute atomic E-state index is 5.84. The van der Waals surface area contributed by atoms with Crippen molar-refractivity contribution in [3.63, 3.8) is 0 Å². The van der Waals surface area contributed by atoms with Crippen LogP contribution in [0.4, 0.5) is 5.82 Å². The summed E-state index contributed by atoms with van der Waals surface area (Å²) in [5.74, 6) is 0.715. The molecule has 84 valence electrons. The Hall–Kier alpha value is -1.47. The molecule has 2 aromatic heterocycles. The number of morpholine rings is 1. The van der Waals surface area contributed by atoms with Crippen molar-refractivity contribution in [2.45, 2.75) is 0 Å². The van der Waals surface area contributed by atoms with Gasteiger partial charge in [0, 0.05) is 13.1 Å². The predicted molar refractivity (Wildman–Crippen MR) is 57.5 cm³/mol. The summed E-state index contributed by atoms with van der Waals surface area (Å²) >= 11 is 5.84. The Morgan fingerprint density at radius 2 is 2.00 bits per heavy atom. The minimum Gasteiger partial charge on any atom is -0.378 e. The maximum Gasteiger partial charge on any atom is 0.226 e. The second-order valence-corrected chi connectivity index (χ2v) is 3.75. The van der Waals surface area contributed by atoms with Crippen molar-refractivity contribution in [1.82, 2.24) is 25.4 Å². The first kappa shape index (κ1) is 9.73. The van der Waals surface area contributed by atoms with Crippen LogP contribution < -0.4 is 4.90 Å². The van der Waals surface area contributed by atoms with Crippen LogP contribution in [0.25, 0.3) is 11.2 Å². The van der Waals surface area contributed by atoms with Crippen LogP contribution in [0, 0.1) is 0 Å². The van der Waals surface area contributed by atoms with E-state index in [1.54, 1.807) is 0 Å². The Kier molecular flexibility index (Phi) is 2.33. The second-order valence-electron chi connectivity index (χ2n) is 3.41. The van der Waals surface area contributed by atoms with E-state index >= 15 is 0 Å². The number of ether oxygens (including phenoxy) is 1. The number of hydrogen-bond acceptors (Lipinski definition) is 6. The minimum atomic E-state index is 0.183. The molecule has 0 atom stereocenters. The molecule has 0 radical (unpaired) electrons. The van der Waals surface area contributed by atoms with E-state index in [4.69, 9.17) is 16.3 Å². The molecule has 1 aliphatic heterocycles. The summed E-state index contributed by atoms with van der Waals surface area (Å²) in [6.45, 7) is 2.91. The van der Waals surface area contributed by atoms with Crippen molar-refractivity contribution in [3.05, 3.63) is 5.28 Å². The van der Waals surface area contributed by atoms with Crippen LogP contribution in [0.5, 0.6) is 0 Å². The topological polar surface area (TPSA) is 79.8 Å². The van der Waals surface area contributed by atoms with Gasteiger partial charge in [0.1, 0.15) is 0 Å². The Morgan fingerprint density at radius 3 is 2.81 bits per heavy atom. The summed E-state index contributed by atoms with van der Waals surface area (Å²) in [6.07, 6.45) is 0. The van der Waals surface area contributed by atoms with Crippen molar-refractivity contribution in [1.29, 1.82) is 0 Å². The molecule has 8 heteroatoms. The average molecular weight is 241 g/mol. The Morgan fingerprint density at radius 1 is 1.19 bits per heavy atom. The zero-order chi connectivity index (χ0) is 11.0. The first-order chi connectivity index (χ1) is 7.84. The summed E-state index contributed by atoms with van der Waals surface area (Å²) in [7, 11) is 0. The van der Waals surface area contributed by atoms with E-state index in [0.717, 1.165) is 13.1 Å². The fraction of sp³-hybridized carbons (Fsp3) is 0.500. The van der Waals surface area contributed by atoms with Gasteiger partial charge in [-0.1, -0.05) is 0 Å². The predicted octanol–water partition coefficient (Wildman–Crippen LogP) is 0.238. The van der Waals surface area contributed by atoms with Gasteiger partial charge in [0.25, 0.3) is 0 Å². The first-order valence-corrected chi connectivity index (χ1v) is 5.29. The monoisotopic (exact) mass is 240 g/mol. The van der Waals surface area contributed by atoms with E-state index in [2.05, 4.69) is 30.3 Å². The van der Waals surface area contributed by atoms with Gasteiger partial charge in [-0.2, -0.15) is 20.3 Å². The van der Waals surface area contributed by atoms with Crippen LogP contribution in [-0.4, -0.2) is 51.7 Å². The molecule has 1 saturated heterocycles. The van der Waals surface area contributed by atoms with Crippen LogP contribution in [0.1, 0.15) is 0 Å². The summed E-state index contributed by atoms with van der Waals surface area (Å²) in [5, 5.41) is 10.6. The number of rotatable bonds is 1. The maximum atomic E-state index is 5.84. The molecule has 1 N–H and O–H groups in total. The van der Waals surface area contributed by atoms with Crippen LogP contribution in [0.3, 0.4) is 0 Å². The fourth-order valence-corrected chi connectivity index (χ4v) is 1.86. The van der Waals surface area contributed by atoms with E-state index in [-0.39, 0.29) is 5.28 Å². The highest BCUT2D eigenvalue weighted by Crippen LogP contribution is 2.22. The number of nitrogens with zero attached hydrogens (tertiary/aromatic N) is 5. The van der Waals surface area contributed by atoms with Gasteiger partial charge >= 0.3 is 0 Å². The van der Waals surface area contributed by atoms with Gasteiger partial charge in [0.15, 0.2) is 11.3 Å². The van der Waals surface area contributed by atoms with Gasteiger partial charge < -0.3 is 9.64 Å². The lowest BCUT2D eigenvalue weighted by Gasteiger charge is -2.27. The molecular formula is C8H9ClN6O. The van der Waals surface area contributed by atoms with Crippen LogP contribution in [0.15, 0.2) is 0 Å². The SMILES string of the molecule is Clc1nc(N2CCOCC2)c2n[nH]nc2n1. The third-order valence-corrected chi connectivity index (χ3v) is 2.62. The number of fused-ring (bicyclic) bond motifs is 1. The molecular weight excluding hydrogens is 232 g/mol. The zero-order valence-corrected chi connectivity index (χ0v) is 9.11. The van der Waals surface area contributed by atoms with E-state index in [1.165, 1.54) is 0 Å². The number of aromatic nitrogens is 5. The molecule has 0 saturated carbocycles. The van der Waals surface area contributed by atoms with Gasteiger partial charge in [0.2, 0.25) is 10.9 Å². The van der Waals surface area contributed by atoms with Gasteiger partial charge in [-0.3, -0.25) is 0 Å². The van der Waals surface area contributed by atoms with E-state index in [9.17, 15) is 0 Å². The molecule has 0 unspecified atom stereocenters. The highest BCUT2D eigenvalue weighted by atomic mass is 35.5. The number of H-pyrrole nitrogens is 1. The van der Waals surface area contributed by atoms with E-state index in [1.807, 2.05) is 0 Å². The lowest BCUT2D eigenvalue weighted by molar-refractivity contribution is 0.122. The smallest absolute Gasteiger partial charge is 0.226 e. The molecule has 16 heavy (non-hydrogen) atoms. The van der Waals surface area contributed by atoms with Crippen molar-refractivity contribution in [2.75, 3.05) is 31.2 Å². The zero-order valence-electron chi connectivity index (χ0n) is 8.35. The summed E-state index contributed by atoms with van der Waals surface area (Å²) in [6, 6.07) is 0. The number of hydrogen-bond donors (Lipinski definition) is 1. The molecule has 2 aromatic rings. The Balaban J connectivity index is 2.09. The number of halogens is 1. The molecule has 0 bridgehead atoms. The number of anilines is 1. The van der Waals surface area contributed by atoms with E-state index < -0.39 is 0 Å². The standard InChI is InChI=1S/C8H9ClN6O/c9-8-10-6-5(12-14-13-6)7(11-8)15-1-3-16-4-2-15/h1-4H2,(H,10,11,12,13,14). The largest absolute Gasteiger partial charge is 0.378 e. The lowest BCUT2D eigenvalue weighted by Crippen LogP contribution is -2.37. The van der Waals surface area contributed by atoms with Gasteiger partial charge in [-0.05, 0) is 11.6 Å². The summed E-state index contributed by atoms with van der Waals surface area (Å²) < 4.78 is 5.28. The van der Waals surface area contributed by atoms with Crippen LogP contribution in [-0.2, 0) is 4.74 Å². The normalized spacial score (nSPS) is 16.9. The molecule has 1 aliphatic rings. The third kappa shape index (κ3) is 1.57. The van der Waals surface area contributed by atoms with Crippen molar-refractivity contribution in [2.24, 2.45) is 0 Å². The first-order valence-electron chi connectivity index (χ1n) is 4.91. The highest BCUT2D eigenvalue weighted by Gasteiger charge is 2.18. The minimum absolute atomic E-state index is 0.183. The van der Waals surface area contributed by atoms with Crippen molar-refractivity contribution < 1.29 is 4.74 Å². The van der Waals surface area contributed by atoms with Gasteiger partial charge in [-0.25, -0.2) is 0 Å². The van der Waals surface area contributed by atoms with Gasteiger partial charge in [0.05, 0.1) is 13.2 Å². The average Bonchev–Trinajstić information content (AvgIpc) is 2.77. The van der Waals surface area contributed by atoms with Crippen LogP contribution in [0.2, 0.25) is 5.28 Å². The number of nitrogens with one attached hydrogen (secondary N) is 1. The molecule has 0 amide bonds.